The van der Waals surface area contributed by atoms with Crippen LogP contribution in [0, 0.1) is 0 Å². The van der Waals surface area contributed by atoms with E-state index in [4.69, 9.17) is 5.11 Å². The molecule has 0 aromatic carbocycles. The monoisotopic (exact) mass is 159 g/mol. The maximum atomic E-state index is 13.1. The summed E-state index contributed by atoms with van der Waals surface area (Å²) in [5, 5.41) is 8.20. The van der Waals surface area contributed by atoms with Gasteiger partial charge >= 0.3 is 5.97 Å². The molecule has 3 nitrogen and oxygen atoms in total. The highest BCUT2D eigenvalue weighted by Crippen LogP contribution is 2.24. The summed E-state index contributed by atoms with van der Waals surface area (Å²) in [6.45, 7) is 0.577. The lowest BCUT2D eigenvalue weighted by Crippen LogP contribution is -2.55. The second-order valence-electron chi connectivity index (χ2n) is 2.88. The van der Waals surface area contributed by atoms with E-state index in [-0.39, 0.29) is 13.1 Å². The summed E-state index contributed by atoms with van der Waals surface area (Å²) >= 11 is 0. The third-order valence-corrected chi connectivity index (χ3v) is 1.59. The zero-order valence-electron chi connectivity index (χ0n) is 6.25. The zero-order valence-corrected chi connectivity index (χ0v) is 6.25. The Hall–Kier alpha value is -0.900. The van der Waals surface area contributed by atoms with Crippen LogP contribution in [-0.2, 0) is 4.79 Å². The van der Waals surface area contributed by atoms with Crippen molar-refractivity contribution in [3.8, 4) is 0 Å². The molecule has 0 bridgehead atoms. The molecule has 1 fully saturated rings. The minimum atomic E-state index is -1.41. The van der Waals surface area contributed by atoms with Crippen LogP contribution in [0.1, 0.15) is 0 Å². The summed E-state index contributed by atoms with van der Waals surface area (Å²) < 4.78 is 13.1. The van der Waals surface area contributed by atoms with E-state index in [9.17, 15) is 9.18 Å². The maximum Gasteiger partial charge on any atom is 0.328 e. The Bertz CT molecular complexity index is 197. The van der Waals surface area contributed by atoms with Crippen molar-refractivity contribution in [3.63, 3.8) is 0 Å². The molecule has 0 saturated carbocycles. The topological polar surface area (TPSA) is 40.5 Å². The average molecular weight is 159 g/mol. The van der Waals surface area contributed by atoms with Crippen LogP contribution >= 0.6 is 0 Å². The molecule has 11 heavy (non-hydrogen) atoms. The number of hydrogen-bond acceptors (Lipinski definition) is 2. The van der Waals surface area contributed by atoms with Crippen molar-refractivity contribution in [3.05, 3.63) is 12.2 Å². The van der Waals surface area contributed by atoms with E-state index in [1.54, 1.807) is 11.9 Å². The number of likely N-dealkylation sites (tertiary alicyclic amines) is 1. The Morgan fingerprint density at radius 1 is 1.73 bits per heavy atom. The van der Waals surface area contributed by atoms with Crippen molar-refractivity contribution >= 4 is 5.97 Å². The number of halogens is 1. The van der Waals surface area contributed by atoms with Crippen molar-refractivity contribution in [2.24, 2.45) is 0 Å². The number of carboxylic acids is 1. The van der Waals surface area contributed by atoms with Gasteiger partial charge in [-0.25, -0.2) is 9.18 Å². The quantitative estimate of drug-likeness (QED) is 0.588. The van der Waals surface area contributed by atoms with Gasteiger partial charge in [-0.15, -0.1) is 0 Å². The molecule has 0 aromatic rings. The SMILES string of the molecule is CN1CC(F)(C=CC(=O)O)C1. The fourth-order valence-electron chi connectivity index (χ4n) is 1.18. The molecular formula is C7H10FNO2. The van der Waals surface area contributed by atoms with E-state index in [1.807, 2.05) is 0 Å². The van der Waals surface area contributed by atoms with Crippen LogP contribution in [0.15, 0.2) is 12.2 Å². The van der Waals surface area contributed by atoms with Crippen molar-refractivity contribution in [1.82, 2.24) is 4.90 Å². The highest BCUT2D eigenvalue weighted by molar-refractivity contribution is 5.80. The predicted molar refractivity (Wildman–Crippen MR) is 38.1 cm³/mol. The van der Waals surface area contributed by atoms with Gasteiger partial charge in [0, 0.05) is 19.2 Å². The van der Waals surface area contributed by atoms with Crippen LogP contribution in [0.4, 0.5) is 4.39 Å². The van der Waals surface area contributed by atoms with Gasteiger partial charge in [0.15, 0.2) is 5.67 Å². The lowest BCUT2D eigenvalue weighted by molar-refractivity contribution is -0.131. The Kier molecular flexibility index (Phi) is 1.95. The van der Waals surface area contributed by atoms with Gasteiger partial charge in [-0.3, -0.25) is 4.90 Å². The molecule has 0 unspecified atom stereocenters. The highest BCUT2D eigenvalue weighted by atomic mass is 19.1. The molecule has 1 aliphatic rings. The van der Waals surface area contributed by atoms with Crippen molar-refractivity contribution in [2.45, 2.75) is 5.67 Å². The van der Waals surface area contributed by atoms with Gasteiger partial charge < -0.3 is 5.11 Å². The minimum absolute atomic E-state index is 0.288. The van der Waals surface area contributed by atoms with Crippen LogP contribution < -0.4 is 0 Å². The van der Waals surface area contributed by atoms with E-state index in [2.05, 4.69) is 0 Å². The number of rotatable bonds is 2. The molecule has 0 atom stereocenters. The summed E-state index contributed by atoms with van der Waals surface area (Å²) in [7, 11) is 1.78. The van der Waals surface area contributed by atoms with Gasteiger partial charge in [0.05, 0.1) is 0 Å². The van der Waals surface area contributed by atoms with Gasteiger partial charge in [-0.1, -0.05) is 0 Å². The van der Waals surface area contributed by atoms with Crippen molar-refractivity contribution in [2.75, 3.05) is 20.1 Å². The Morgan fingerprint density at radius 2 is 2.27 bits per heavy atom. The fourth-order valence-corrected chi connectivity index (χ4v) is 1.18. The number of carbonyl (C=O) groups is 1. The van der Waals surface area contributed by atoms with Crippen molar-refractivity contribution < 1.29 is 14.3 Å². The maximum absolute atomic E-state index is 13.1. The molecule has 1 N–H and O–H groups in total. The Morgan fingerprint density at radius 3 is 2.64 bits per heavy atom. The van der Waals surface area contributed by atoms with Gasteiger partial charge in [-0.05, 0) is 13.1 Å². The summed E-state index contributed by atoms with van der Waals surface area (Å²) in [6, 6.07) is 0. The summed E-state index contributed by atoms with van der Waals surface area (Å²) in [4.78, 5) is 11.8. The van der Waals surface area contributed by atoms with E-state index < -0.39 is 11.6 Å². The average Bonchev–Trinajstić information content (AvgIpc) is 1.81. The van der Waals surface area contributed by atoms with Gasteiger partial charge in [0.25, 0.3) is 0 Å². The molecular weight excluding hydrogens is 149 g/mol. The van der Waals surface area contributed by atoms with Gasteiger partial charge in [-0.2, -0.15) is 0 Å². The van der Waals surface area contributed by atoms with E-state index >= 15 is 0 Å². The number of hydrogen-bond donors (Lipinski definition) is 1. The highest BCUT2D eigenvalue weighted by Gasteiger charge is 2.38. The fraction of sp³-hybridized carbons (Fsp3) is 0.571. The standard InChI is InChI=1S/C7H10FNO2/c1-9-4-7(8,5-9)3-2-6(10)11/h2-3H,4-5H2,1H3,(H,10,11). The lowest BCUT2D eigenvalue weighted by atomic mass is 9.97. The molecule has 0 radical (unpaired) electrons. The second-order valence-corrected chi connectivity index (χ2v) is 2.88. The zero-order chi connectivity index (χ0) is 8.48. The molecule has 0 aromatic heterocycles. The summed E-state index contributed by atoms with van der Waals surface area (Å²) in [5.41, 5.74) is -1.41. The van der Waals surface area contributed by atoms with E-state index in [1.165, 1.54) is 0 Å². The molecule has 1 heterocycles. The molecule has 0 amide bonds. The third kappa shape index (κ3) is 2.01. The molecule has 1 saturated heterocycles. The lowest BCUT2D eigenvalue weighted by Gasteiger charge is -2.39. The third-order valence-electron chi connectivity index (χ3n) is 1.59. The number of carboxylic acid groups (broad SMARTS) is 1. The van der Waals surface area contributed by atoms with Gasteiger partial charge in [0.1, 0.15) is 0 Å². The van der Waals surface area contributed by atoms with E-state index in [0.717, 1.165) is 12.2 Å². The summed E-state index contributed by atoms with van der Waals surface area (Å²) in [6.07, 6.45) is 1.96. The molecule has 62 valence electrons. The Labute approximate surface area is 64.1 Å². The minimum Gasteiger partial charge on any atom is -0.478 e. The molecule has 4 heteroatoms. The van der Waals surface area contributed by atoms with Crippen molar-refractivity contribution in [1.29, 1.82) is 0 Å². The first-order chi connectivity index (χ1) is 5.02. The first kappa shape index (κ1) is 8.20. The first-order valence-electron chi connectivity index (χ1n) is 3.31. The van der Waals surface area contributed by atoms with Crippen LogP contribution in [-0.4, -0.2) is 41.8 Å². The molecule has 1 aliphatic heterocycles. The number of alkyl halides is 1. The first-order valence-corrected chi connectivity index (χ1v) is 3.31. The molecule has 0 aliphatic carbocycles. The van der Waals surface area contributed by atoms with Gasteiger partial charge in [0.2, 0.25) is 0 Å². The Balaban J connectivity index is 2.43. The van der Waals surface area contributed by atoms with E-state index in [0.29, 0.717) is 0 Å². The van der Waals surface area contributed by atoms with Crippen LogP contribution in [0.3, 0.4) is 0 Å². The largest absolute Gasteiger partial charge is 0.478 e. The number of nitrogens with zero attached hydrogens (tertiary/aromatic N) is 1. The molecule has 1 rings (SSSR count). The second kappa shape index (κ2) is 2.62. The number of aliphatic carboxylic acids is 1. The smallest absolute Gasteiger partial charge is 0.328 e. The normalized spacial score (nSPS) is 23.5. The van der Waals surface area contributed by atoms with Crippen LogP contribution in [0.2, 0.25) is 0 Å². The van der Waals surface area contributed by atoms with Crippen LogP contribution in [0.25, 0.3) is 0 Å². The predicted octanol–water partition coefficient (Wildman–Crippen LogP) is 0.281. The van der Waals surface area contributed by atoms with Crippen LogP contribution in [0.5, 0.6) is 0 Å². The molecule has 0 spiro atoms. The summed E-state index contributed by atoms with van der Waals surface area (Å²) in [5.74, 6) is -1.10.